The first-order valence-electron chi connectivity index (χ1n) is 9.05. The molecule has 134 valence electrons. The van der Waals surface area contributed by atoms with E-state index in [9.17, 15) is 4.79 Å². The third-order valence-corrected chi connectivity index (χ3v) is 4.54. The highest BCUT2D eigenvalue weighted by Crippen LogP contribution is 2.21. The molecule has 1 saturated heterocycles. The first kappa shape index (κ1) is 17.6. The smallest absolute Gasteiger partial charge is 0.287 e. The van der Waals surface area contributed by atoms with Crippen molar-refractivity contribution < 1.29 is 9.21 Å². The Morgan fingerprint density at radius 2 is 2.16 bits per heavy atom. The maximum Gasteiger partial charge on any atom is 0.287 e. The van der Waals surface area contributed by atoms with Gasteiger partial charge in [0.2, 0.25) is 0 Å². The second-order valence-corrected chi connectivity index (χ2v) is 6.67. The van der Waals surface area contributed by atoms with Crippen LogP contribution in [0.15, 0.2) is 29.1 Å². The fraction of sp³-hybridized carbons (Fsp3) is 0.526. The van der Waals surface area contributed by atoms with Gasteiger partial charge < -0.3 is 9.73 Å². The zero-order valence-corrected chi connectivity index (χ0v) is 15.0. The summed E-state index contributed by atoms with van der Waals surface area (Å²) in [4.78, 5) is 23.2. The molecule has 1 amide bonds. The van der Waals surface area contributed by atoms with E-state index in [0.29, 0.717) is 12.2 Å². The van der Waals surface area contributed by atoms with Crippen LogP contribution in [-0.2, 0) is 19.4 Å². The third kappa shape index (κ3) is 4.66. The minimum atomic E-state index is -0.168. The average Bonchev–Trinajstić information content (AvgIpc) is 3.25. The van der Waals surface area contributed by atoms with Crippen LogP contribution in [0.2, 0.25) is 0 Å². The highest BCUT2D eigenvalue weighted by molar-refractivity contribution is 5.92. The minimum Gasteiger partial charge on any atom is -0.456 e. The second-order valence-electron chi connectivity index (χ2n) is 6.67. The zero-order chi connectivity index (χ0) is 17.6. The molecule has 2 aromatic heterocycles. The van der Waals surface area contributed by atoms with Crippen LogP contribution in [-0.4, -0.2) is 39.9 Å². The van der Waals surface area contributed by atoms with Crippen molar-refractivity contribution in [2.75, 3.05) is 13.1 Å². The summed E-state index contributed by atoms with van der Waals surface area (Å²) in [5.41, 5.74) is 2.00. The van der Waals surface area contributed by atoms with E-state index in [2.05, 4.69) is 27.1 Å². The molecule has 1 aliphatic heterocycles. The summed E-state index contributed by atoms with van der Waals surface area (Å²) in [6.07, 6.45) is 8.98. The standard InChI is InChI=1S/C19H26N4O2/c1-3-17-15(13-23-8-4-5-9-23)11-18(25-17)19(24)22-14(2)10-16-12-20-6-7-21-16/h6-7,11-12,14H,3-5,8-10,13H2,1-2H3,(H,22,24). The summed E-state index contributed by atoms with van der Waals surface area (Å²) >= 11 is 0. The lowest BCUT2D eigenvalue weighted by Gasteiger charge is -2.13. The molecule has 0 saturated carbocycles. The largest absolute Gasteiger partial charge is 0.456 e. The molecule has 0 aliphatic carbocycles. The zero-order valence-electron chi connectivity index (χ0n) is 15.0. The topological polar surface area (TPSA) is 71.3 Å². The molecule has 6 nitrogen and oxygen atoms in total. The molecule has 25 heavy (non-hydrogen) atoms. The van der Waals surface area contributed by atoms with E-state index in [1.54, 1.807) is 18.6 Å². The Balaban J connectivity index is 1.62. The Morgan fingerprint density at radius 1 is 1.36 bits per heavy atom. The molecule has 0 bridgehead atoms. The van der Waals surface area contributed by atoms with Gasteiger partial charge >= 0.3 is 0 Å². The summed E-state index contributed by atoms with van der Waals surface area (Å²) in [5.74, 6) is 1.15. The lowest BCUT2D eigenvalue weighted by molar-refractivity contribution is 0.0910. The van der Waals surface area contributed by atoms with Gasteiger partial charge in [0.15, 0.2) is 5.76 Å². The predicted molar refractivity (Wildman–Crippen MR) is 95.3 cm³/mol. The normalized spacial score (nSPS) is 16.1. The van der Waals surface area contributed by atoms with E-state index < -0.39 is 0 Å². The van der Waals surface area contributed by atoms with E-state index >= 15 is 0 Å². The minimum absolute atomic E-state index is 0.0404. The Labute approximate surface area is 148 Å². The van der Waals surface area contributed by atoms with Gasteiger partial charge in [-0.05, 0) is 38.9 Å². The molecule has 2 aromatic rings. The molecule has 1 N–H and O–H groups in total. The van der Waals surface area contributed by atoms with Gasteiger partial charge in [0.1, 0.15) is 5.76 Å². The number of carbonyl (C=O) groups excluding carboxylic acids is 1. The maximum atomic E-state index is 12.5. The van der Waals surface area contributed by atoms with Crippen molar-refractivity contribution in [3.8, 4) is 0 Å². The fourth-order valence-corrected chi connectivity index (χ4v) is 3.29. The van der Waals surface area contributed by atoms with Crippen molar-refractivity contribution >= 4 is 5.91 Å². The average molecular weight is 342 g/mol. The van der Waals surface area contributed by atoms with Crippen molar-refractivity contribution in [3.63, 3.8) is 0 Å². The Bertz CT molecular complexity index is 693. The van der Waals surface area contributed by atoms with Gasteiger partial charge in [-0.1, -0.05) is 6.92 Å². The van der Waals surface area contributed by atoms with Gasteiger partial charge in [-0.15, -0.1) is 0 Å². The highest BCUT2D eigenvalue weighted by atomic mass is 16.4. The number of furan rings is 1. The quantitative estimate of drug-likeness (QED) is 0.837. The molecule has 0 aromatic carbocycles. The number of aromatic nitrogens is 2. The van der Waals surface area contributed by atoms with Crippen LogP contribution in [0.25, 0.3) is 0 Å². The number of hydrogen-bond donors (Lipinski definition) is 1. The number of hydrogen-bond acceptors (Lipinski definition) is 5. The number of amides is 1. The molecule has 1 fully saturated rings. The van der Waals surface area contributed by atoms with E-state index in [1.165, 1.54) is 12.8 Å². The van der Waals surface area contributed by atoms with Gasteiger partial charge in [-0.3, -0.25) is 19.7 Å². The van der Waals surface area contributed by atoms with E-state index in [-0.39, 0.29) is 11.9 Å². The number of nitrogens with zero attached hydrogens (tertiary/aromatic N) is 3. The molecule has 6 heteroatoms. The van der Waals surface area contributed by atoms with Crippen molar-refractivity contribution in [3.05, 3.63) is 47.4 Å². The molecule has 3 rings (SSSR count). The third-order valence-electron chi connectivity index (χ3n) is 4.54. The van der Waals surface area contributed by atoms with Gasteiger partial charge in [0.25, 0.3) is 5.91 Å². The summed E-state index contributed by atoms with van der Waals surface area (Å²) < 4.78 is 5.82. The molecule has 1 aliphatic rings. The van der Waals surface area contributed by atoms with Gasteiger partial charge in [0, 0.05) is 49.6 Å². The molecule has 1 atom stereocenters. The summed E-state index contributed by atoms with van der Waals surface area (Å²) in [6.45, 7) is 7.15. The van der Waals surface area contributed by atoms with Crippen molar-refractivity contribution in [2.24, 2.45) is 0 Å². The SMILES string of the molecule is CCc1oc(C(=O)NC(C)Cc2cnccn2)cc1CN1CCCC1. The van der Waals surface area contributed by atoms with Crippen molar-refractivity contribution in [1.82, 2.24) is 20.2 Å². The highest BCUT2D eigenvalue weighted by Gasteiger charge is 2.20. The van der Waals surface area contributed by atoms with Crippen molar-refractivity contribution in [1.29, 1.82) is 0 Å². The summed E-state index contributed by atoms with van der Waals surface area (Å²) in [5, 5.41) is 2.99. The molecule has 0 spiro atoms. The van der Waals surface area contributed by atoms with Crippen LogP contribution in [0.1, 0.15) is 54.3 Å². The van der Waals surface area contributed by atoms with Crippen LogP contribution in [0.4, 0.5) is 0 Å². The number of nitrogens with one attached hydrogen (secondary N) is 1. The molecule has 1 unspecified atom stereocenters. The van der Waals surface area contributed by atoms with Crippen LogP contribution >= 0.6 is 0 Å². The lowest BCUT2D eigenvalue weighted by Crippen LogP contribution is -2.34. The monoisotopic (exact) mass is 342 g/mol. The van der Waals surface area contributed by atoms with Crippen LogP contribution in [0, 0.1) is 0 Å². The number of carbonyl (C=O) groups is 1. The van der Waals surface area contributed by atoms with Gasteiger partial charge in [-0.25, -0.2) is 0 Å². The molecule has 3 heterocycles. The Hall–Kier alpha value is -2.21. The second kappa shape index (κ2) is 8.25. The summed E-state index contributed by atoms with van der Waals surface area (Å²) in [7, 11) is 0. The Kier molecular flexibility index (Phi) is 5.81. The van der Waals surface area contributed by atoms with E-state index in [4.69, 9.17) is 4.42 Å². The van der Waals surface area contributed by atoms with E-state index in [1.807, 2.05) is 13.0 Å². The van der Waals surface area contributed by atoms with Crippen molar-refractivity contribution in [2.45, 2.75) is 52.1 Å². The summed E-state index contributed by atoms with van der Waals surface area (Å²) in [6, 6.07) is 1.86. The lowest BCUT2D eigenvalue weighted by atomic mass is 10.1. The van der Waals surface area contributed by atoms with E-state index in [0.717, 1.165) is 43.1 Å². The van der Waals surface area contributed by atoms with Crippen LogP contribution in [0.5, 0.6) is 0 Å². The maximum absolute atomic E-state index is 12.5. The number of likely N-dealkylation sites (tertiary alicyclic amines) is 1. The van der Waals surface area contributed by atoms with Crippen LogP contribution in [0.3, 0.4) is 0 Å². The molecule has 0 radical (unpaired) electrons. The fourth-order valence-electron chi connectivity index (χ4n) is 3.29. The molecular formula is C19H26N4O2. The molecular weight excluding hydrogens is 316 g/mol. The number of aryl methyl sites for hydroxylation is 1. The first-order chi connectivity index (χ1) is 12.2. The predicted octanol–water partition coefficient (Wildman–Crippen LogP) is 2.59. The first-order valence-corrected chi connectivity index (χ1v) is 9.05. The van der Waals surface area contributed by atoms with Gasteiger partial charge in [-0.2, -0.15) is 0 Å². The van der Waals surface area contributed by atoms with Crippen LogP contribution < -0.4 is 5.32 Å². The Morgan fingerprint density at radius 3 is 2.84 bits per heavy atom. The van der Waals surface area contributed by atoms with Gasteiger partial charge in [0.05, 0.1) is 5.69 Å². The number of rotatable bonds is 7.